The molecule has 0 radical (unpaired) electrons. The van der Waals surface area contributed by atoms with Crippen LogP contribution in [0.2, 0.25) is 0 Å². The van der Waals surface area contributed by atoms with Gasteiger partial charge in [0, 0.05) is 0 Å². The number of carboxylic acid groups (broad SMARTS) is 1. The van der Waals surface area contributed by atoms with Crippen LogP contribution in [0.1, 0.15) is 18.5 Å². The van der Waals surface area contributed by atoms with Crippen molar-refractivity contribution in [2.45, 2.75) is 19.0 Å². The van der Waals surface area contributed by atoms with Gasteiger partial charge in [-0.05, 0) is 12.5 Å². The second-order valence-corrected chi connectivity index (χ2v) is 3.47. The van der Waals surface area contributed by atoms with Crippen molar-refractivity contribution < 1.29 is 14.7 Å². The van der Waals surface area contributed by atoms with Crippen LogP contribution in [0.15, 0.2) is 30.3 Å². The summed E-state index contributed by atoms with van der Waals surface area (Å²) in [7, 11) is 0. The van der Waals surface area contributed by atoms with Crippen molar-refractivity contribution in [3.05, 3.63) is 35.9 Å². The first kappa shape index (κ1) is 12.2. The molecule has 1 aromatic rings. The zero-order chi connectivity index (χ0) is 12.1. The third-order valence-corrected chi connectivity index (χ3v) is 2.22. The zero-order valence-corrected chi connectivity index (χ0v) is 8.88. The highest BCUT2D eigenvalue weighted by molar-refractivity contribution is 5.81. The average molecular weight is 222 g/mol. The quantitative estimate of drug-likeness (QED) is 0.667. The van der Waals surface area contributed by atoms with Crippen molar-refractivity contribution in [1.82, 2.24) is 5.32 Å². The smallest absolute Gasteiger partial charge is 0.325 e. The molecule has 2 unspecified atom stereocenters. The molecule has 0 aliphatic carbocycles. The Labute approximate surface area is 93.3 Å². The van der Waals surface area contributed by atoms with E-state index in [2.05, 4.69) is 5.32 Å². The van der Waals surface area contributed by atoms with Gasteiger partial charge >= 0.3 is 5.97 Å². The van der Waals surface area contributed by atoms with Crippen molar-refractivity contribution in [3.8, 4) is 0 Å². The number of nitrogens with one attached hydrogen (secondary N) is 1. The van der Waals surface area contributed by atoms with Crippen LogP contribution in [-0.4, -0.2) is 23.0 Å². The van der Waals surface area contributed by atoms with Gasteiger partial charge in [-0.3, -0.25) is 14.9 Å². The number of benzene rings is 1. The number of hydrogen-bond acceptors (Lipinski definition) is 3. The summed E-state index contributed by atoms with van der Waals surface area (Å²) < 4.78 is 0. The predicted molar refractivity (Wildman–Crippen MR) is 58.6 cm³/mol. The van der Waals surface area contributed by atoms with Crippen molar-refractivity contribution in [3.63, 3.8) is 0 Å². The van der Waals surface area contributed by atoms with E-state index >= 15 is 0 Å². The third-order valence-electron chi connectivity index (χ3n) is 2.22. The van der Waals surface area contributed by atoms with Gasteiger partial charge in [-0.25, -0.2) is 0 Å². The highest BCUT2D eigenvalue weighted by Gasteiger charge is 2.23. The summed E-state index contributed by atoms with van der Waals surface area (Å²) >= 11 is 0. The van der Waals surface area contributed by atoms with Crippen molar-refractivity contribution in [2.24, 2.45) is 5.73 Å². The summed E-state index contributed by atoms with van der Waals surface area (Å²) in [4.78, 5) is 21.9. The fourth-order valence-corrected chi connectivity index (χ4v) is 1.29. The first-order chi connectivity index (χ1) is 7.52. The summed E-state index contributed by atoms with van der Waals surface area (Å²) in [6, 6.07) is 7.01. The molecule has 0 saturated carbocycles. The molecule has 1 aromatic carbocycles. The highest BCUT2D eigenvalue weighted by Crippen LogP contribution is 2.13. The fourth-order valence-electron chi connectivity index (χ4n) is 1.29. The summed E-state index contributed by atoms with van der Waals surface area (Å²) in [5.41, 5.74) is 5.65. The van der Waals surface area contributed by atoms with E-state index in [4.69, 9.17) is 10.8 Å². The number of primary amides is 1. The van der Waals surface area contributed by atoms with Gasteiger partial charge in [-0.2, -0.15) is 0 Å². The Morgan fingerprint density at radius 3 is 2.31 bits per heavy atom. The van der Waals surface area contributed by atoms with Crippen molar-refractivity contribution in [2.75, 3.05) is 0 Å². The number of rotatable bonds is 5. The van der Waals surface area contributed by atoms with Gasteiger partial charge in [-0.1, -0.05) is 30.3 Å². The second kappa shape index (κ2) is 5.27. The van der Waals surface area contributed by atoms with Crippen LogP contribution in [0.4, 0.5) is 0 Å². The van der Waals surface area contributed by atoms with E-state index in [0.29, 0.717) is 5.56 Å². The minimum absolute atomic E-state index is 0.581. The minimum atomic E-state index is -1.04. The van der Waals surface area contributed by atoms with Crippen LogP contribution in [0.3, 0.4) is 0 Å². The Morgan fingerprint density at radius 2 is 1.88 bits per heavy atom. The normalized spacial score (nSPS) is 14.1. The van der Waals surface area contributed by atoms with Gasteiger partial charge in [0.2, 0.25) is 5.91 Å². The van der Waals surface area contributed by atoms with Gasteiger partial charge in [0.05, 0.1) is 6.04 Å². The van der Waals surface area contributed by atoms with Crippen LogP contribution in [0.25, 0.3) is 0 Å². The van der Waals surface area contributed by atoms with E-state index in [1.54, 1.807) is 30.3 Å². The molecule has 0 aromatic heterocycles. The SMILES string of the molecule is CC(NC(C(=O)O)c1ccccc1)C(N)=O. The number of carbonyl (C=O) groups is 2. The third kappa shape index (κ3) is 3.06. The van der Waals surface area contributed by atoms with Crippen LogP contribution in [0.5, 0.6) is 0 Å². The van der Waals surface area contributed by atoms with Gasteiger partial charge in [0.25, 0.3) is 0 Å². The molecule has 0 bridgehead atoms. The molecular weight excluding hydrogens is 208 g/mol. The lowest BCUT2D eigenvalue weighted by Gasteiger charge is -2.18. The van der Waals surface area contributed by atoms with E-state index in [1.165, 1.54) is 6.92 Å². The lowest BCUT2D eigenvalue weighted by Crippen LogP contribution is -2.43. The van der Waals surface area contributed by atoms with Crippen molar-refractivity contribution in [1.29, 1.82) is 0 Å². The van der Waals surface area contributed by atoms with E-state index in [9.17, 15) is 9.59 Å². The van der Waals surface area contributed by atoms with E-state index in [-0.39, 0.29) is 0 Å². The topological polar surface area (TPSA) is 92.4 Å². The number of carbonyl (C=O) groups excluding carboxylic acids is 1. The minimum Gasteiger partial charge on any atom is -0.480 e. The molecule has 0 aliphatic heterocycles. The molecule has 0 spiro atoms. The summed E-state index contributed by atoms with van der Waals surface area (Å²) in [5.74, 6) is -1.62. The molecule has 16 heavy (non-hydrogen) atoms. The monoisotopic (exact) mass is 222 g/mol. The molecule has 5 heteroatoms. The summed E-state index contributed by atoms with van der Waals surface area (Å²) in [6.07, 6.45) is 0. The molecule has 4 N–H and O–H groups in total. The van der Waals surface area contributed by atoms with E-state index < -0.39 is 24.0 Å². The number of nitrogens with two attached hydrogens (primary N) is 1. The van der Waals surface area contributed by atoms with Crippen LogP contribution in [-0.2, 0) is 9.59 Å². The highest BCUT2D eigenvalue weighted by atomic mass is 16.4. The number of amides is 1. The maximum absolute atomic E-state index is 11.0. The Balaban J connectivity index is 2.85. The van der Waals surface area contributed by atoms with Gasteiger partial charge in [0.15, 0.2) is 0 Å². The number of aliphatic carboxylic acids is 1. The average Bonchev–Trinajstić information content (AvgIpc) is 2.26. The molecule has 0 aliphatic rings. The molecule has 1 rings (SSSR count). The van der Waals surface area contributed by atoms with Gasteiger partial charge < -0.3 is 10.8 Å². The zero-order valence-electron chi connectivity index (χ0n) is 8.88. The Kier molecular flexibility index (Phi) is 4.02. The van der Waals surface area contributed by atoms with Gasteiger partial charge in [0.1, 0.15) is 6.04 Å². The van der Waals surface area contributed by atoms with Crippen LogP contribution in [0, 0.1) is 0 Å². The first-order valence-electron chi connectivity index (χ1n) is 4.85. The second-order valence-electron chi connectivity index (χ2n) is 3.47. The maximum Gasteiger partial charge on any atom is 0.325 e. The molecule has 0 heterocycles. The standard InChI is InChI=1S/C11H14N2O3/c1-7(10(12)14)13-9(11(15)16)8-5-3-2-4-6-8/h2-7,9,13H,1H3,(H2,12,14)(H,15,16). The van der Waals surface area contributed by atoms with E-state index in [1.807, 2.05) is 0 Å². The lowest BCUT2D eigenvalue weighted by atomic mass is 10.1. The first-order valence-corrected chi connectivity index (χ1v) is 4.85. The molecule has 2 atom stereocenters. The summed E-state index contributed by atoms with van der Waals surface area (Å²) in [6.45, 7) is 1.53. The Hall–Kier alpha value is -1.88. The predicted octanol–water partition coefficient (Wildman–Crippen LogP) is 0.276. The molecule has 0 saturated heterocycles. The molecule has 1 amide bonds. The molecular formula is C11H14N2O3. The molecule has 0 fully saturated rings. The Bertz CT molecular complexity index is 378. The largest absolute Gasteiger partial charge is 0.480 e. The van der Waals surface area contributed by atoms with Crippen LogP contribution < -0.4 is 11.1 Å². The fraction of sp³-hybridized carbons (Fsp3) is 0.273. The molecule has 5 nitrogen and oxygen atoms in total. The maximum atomic E-state index is 11.0. The van der Waals surface area contributed by atoms with Crippen LogP contribution >= 0.6 is 0 Å². The summed E-state index contributed by atoms with van der Waals surface area (Å²) in [5, 5.41) is 11.7. The molecule has 86 valence electrons. The van der Waals surface area contributed by atoms with Crippen molar-refractivity contribution >= 4 is 11.9 Å². The number of carboxylic acids is 1. The number of hydrogen-bond donors (Lipinski definition) is 3. The Morgan fingerprint density at radius 1 is 1.31 bits per heavy atom. The lowest BCUT2D eigenvalue weighted by molar-refractivity contribution is -0.140. The van der Waals surface area contributed by atoms with E-state index in [0.717, 1.165) is 0 Å². The van der Waals surface area contributed by atoms with Gasteiger partial charge in [-0.15, -0.1) is 0 Å².